The molecule has 0 amide bonds. The summed E-state index contributed by atoms with van der Waals surface area (Å²) in [5.74, 6) is -0.141. The van der Waals surface area contributed by atoms with Crippen LogP contribution < -0.4 is 0 Å². The SMILES string of the molecule is CC1CCCC(n2cnc3cc(C(=O)O)ccc32)C1. The molecule has 1 N–H and O–H groups in total. The Kier molecular flexibility index (Phi) is 3.01. The van der Waals surface area contributed by atoms with Crippen molar-refractivity contribution in [3.8, 4) is 0 Å². The molecule has 1 fully saturated rings. The number of hydrogen-bond acceptors (Lipinski definition) is 2. The van der Waals surface area contributed by atoms with Crippen molar-refractivity contribution in [3.63, 3.8) is 0 Å². The fraction of sp³-hybridized carbons (Fsp3) is 0.467. The summed E-state index contributed by atoms with van der Waals surface area (Å²) in [5, 5.41) is 9.00. The van der Waals surface area contributed by atoms with Crippen molar-refractivity contribution >= 4 is 17.0 Å². The highest BCUT2D eigenvalue weighted by molar-refractivity contribution is 5.92. The second-order valence-electron chi connectivity index (χ2n) is 5.59. The first-order valence-electron chi connectivity index (χ1n) is 6.85. The minimum absolute atomic E-state index is 0.301. The lowest BCUT2D eigenvalue weighted by Gasteiger charge is -2.28. The van der Waals surface area contributed by atoms with Gasteiger partial charge < -0.3 is 9.67 Å². The van der Waals surface area contributed by atoms with Crippen molar-refractivity contribution in [3.05, 3.63) is 30.1 Å². The largest absolute Gasteiger partial charge is 0.478 e. The van der Waals surface area contributed by atoms with Crippen molar-refractivity contribution in [2.75, 3.05) is 0 Å². The third kappa shape index (κ3) is 2.23. The van der Waals surface area contributed by atoms with Gasteiger partial charge in [0.1, 0.15) is 0 Å². The predicted molar refractivity (Wildman–Crippen MR) is 73.4 cm³/mol. The minimum atomic E-state index is -0.900. The third-order valence-electron chi connectivity index (χ3n) is 4.12. The summed E-state index contributed by atoms with van der Waals surface area (Å²) < 4.78 is 2.22. The van der Waals surface area contributed by atoms with Crippen LogP contribution in [0, 0.1) is 5.92 Å². The van der Waals surface area contributed by atoms with Gasteiger partial charge in [-0.1, -0.05) is 19.8 Å². The lowest BCUT2D eigenvalue weighted by Crippen LogP contribution is -2.16. The van der Waals surface area contributed by atoms with Gasteiger partial charge >= 0.3 is 5.97 Å². The molecule has 1 aromatic heterocycles. The number of aromatic nitrogens is 2. The maximum Gasteiger partial charge on any atom is 0.335 e. The van der Waals surface area contributed by atoms with Crippen LogP contribution in [-0.2, 0) is 0 Å². The molecule has 4 nitrogen and oxygen atoms in total. The van der Waals surface area contributed by atoms with E-state index in [-0.39, 0.29) is 0 Å². The maximum absolute atomic E-state index is 11.0. The van der Waals surface area contributed by atoms with Crippen LogP contribution in [0.4, 0.5) is 0 Å². The van der Waals surface area contributed by atoms with Gasteiger partial charge in [0.2, 0.25) is 0 Å². The van der Waals surface area contributed by atoms with Crippen LogP contribution >= 0.6 is 0 Å². The van der Waals surface area contributed by atoms with Crippen molar-refractivity contribution in [1.82, 2.24) is 9.55 Å². The first kappa shape index (κ1) is 12.2. The number of benzene rings is 1. The highest BCUT2D eigenvalue weighted by atomic mass is 16.4. The molecule has 0 bridgehead atoms. The Balaban J connectivity index is 1.98. The predicted octanol–water partition coefficient (Wildman–Crippen LogP) is 3.49. The molecule has 1 aliphatic rings. The van der Waals surface area contributed by atoms with E-state index in [0.29, 0.717) is 11.6 Å². The topological polar surface area (TPSA) is 55.1 Å². The van der Waals surface area contributed by atoms with Gasteiger partial charge in [-0.2, -0.15) is 0 Å². The molecule has 100 valence electrons. The first-order chi connectivity index (χ1) is 9.15. The summed E-state index contributed by atoms with van der Waals surface area (Å²) in [6, 6.07) is 5.70. The molecule has 0 saturated heterocycles. The van der Waals surface area contributed by atoms with Crippen LogP contribution in [0.1, 0.15) is 49.0 Å². The van der Waals surface area contributed by atoms with Crippen molar-refractivity contribution < 1.29 is 9.90 Å². The number of fused-ring (bicyclic) bond motifs is 1. The number of rotatable bonds is 2. The van der Waals surface area contributed by atoms with Crippen LogP contribution in [0.15, 0.2) is 24.5 Å². The lowest BCUT2D eigenvalue weighted by molar-refractivity contribution is 0.0697. The average Bonchev–Trinajstić information content (AvgIpc) is 2.81. The van der Waals surface area contributed by atoms with Gasteiger partial charge in [-0.3, -0.25) is 0 Å². The Bertz CT molecular complexity index is 618. The second kappa shape index (κ2) is 4.68. The summed E-state index contributed by atoms with van der Waals surface area (Å²) in [6.07, 6.45) is 6.81. The minimum Gasteiger partial charge on any atom is -0.478 e. The Hall–Kier alpha value is -1.84. The Morgan fingerprint density at radius 2 is 2.26 bits per heavy atom. The van der Waals surface area contributed by atoms with Gasteiger partial charge in [0.05, 0.1) is 22.9 Å². The molecule has 2 atom stereocenters. The first-order valence-corrected chi connectivity index (χ1v) is 6.85. The van der Waals surface area contributed by atoms with Crippen LogP contribution in [0.2, 0.25) is 0 Å². The zero-order valence-electron chi connectivity index (χ0n) is 11.0. The van der Waals surface area contributed by atoms with E-state index in [0.717, 1.165) is 17.0 Å². The molecule has 0 radical (unpaired) electrons. The van der Waals surface area contributed by atoms with Crippen molar-refractivity contribution in [2.24, 2.45) is 5.92 Å². The van der Waals surface area contributed by atoms with Gasteiger partial charge in [-0.05, 0) is 37.0 Å². The summed E-state index contributed by atoms with van der Waals surface area (Å²) in [7, 11) is 0. The summed E-state index contributed by atoms with van der Waals surface area (Å²) in [5.41, 5.74) is 2.12. The summed E-state index contributed by atoms with van der Waals surface area (Å²) in [6.45, 7) is 2.30. The van der Waals surface area contributed by atoms with Crippen LogP contribution in [0.3, 0.4) is 0 Å². The van der Waals surface area contributed by atoms with Crippen LogP contribution in [0.25, 0.3) is 11.0 Å². The van der Waals surface area contributed by atoms with E-state index in [9.17, 15) is 4.79 Å². The number of carboxylic acid groups (broad SMARTS) is 1. The number of hydrogen-bond donors (Lipinski definition) is 1. The fourth-order valence-corrected chi connectivity index (χ4v) is 3.11. The van der Waals surface area contributed by atoms with Crippen molar-refractivity contribution in [2.45, 2.75) is 38.6 Å². The smallest absolute Gasteiger partial charge is 0.335 e. The van der Waals surface area contributed by atoms with Gasteiger partial charge in [0.25, 0.3) is 0 Å². The molecule has 0 aliphatic heterocycles. The second-order valence-corrected chi connectivity index (χ2v) is 5.59. The number of imidazole rings is 1. The van der Waals surface area contributed by atoms with E-state index >= 15 is 0 Å². The van der Waals surface area contributed by atoms with E-state index in [1.807, 2.05) is 12.4 Å². The van der Waals surface area contributed by atoms with E-state index in [1.54, 1.807) is 12.1 Å². The van der Waals surface area contributed by atoms with Crippen LogP contribution in [-0.4, -0.2) is 20.6 Å². The van der Waals surface area contributed by atoms with Gasteiger partial charge in [-0.15, -0.1) is 0 Å². The van der Waals surface area contributed by atoms with Gasteiger partial charge in [0.15, 0.2) is 0 Å². The Morgan fingerprint density at radius 3 is 3.00 bits per heavy atom. The normalized spacial score (nSPS) is 23.6. The monoisotopic (exact) mass is 258 g/mol. The Labute approximate surface area is 112 Å². The molecule has 2 aromatic rings. The number of carboxylic acids is 1. The number of aromatic carboxylic acids is 1. The lowest BCUT2D eigenvalue weighted by atomic mass is 9.87. The zero-order chi connectivity index (χ0) is 13.4. The Morgan fingerprint density at radius 1 is 1.42 bits per heavy atom. The maximum atomic E-state index is 11.0. The highest BCUT2D eigenvalue weighted by Gasteiger charge is 2.21. The molecular formula is C15H18N2O2. The molecule has 1 heterocycles. The summed E-state index contributed by atoms with van der Waals surface area (Å²) in [4.78, 5) is 15.3. The van der Waals surface area contributed by atoms with E-state index in [1.165, 1.54) is 25.7 Å². The van der Waals surface area contributed by atoms with E-state index < -0.39 is 5.97 Å². The number of nitrogens with zero attached hydrogens (tertiary/aromatic N) is 2. The van der Waals surface area contributed by atoms with Gasteiger partial charge in [-0.25, -0.2) is 9.78 Å². The molecule has 1 saturated carbocycles. The average molecular weight is 258 g/mol. The van der Waals surface area contributed by atoms with Gasteiger partial charge in [0, 0.05) is 6.04 Å². The molecule has 2 unspecified atom stereocenters. The quantitative estimate of drug-likeness (QED) is 0.897. The highest BCUT2D eigenvalue weighted by Crippen LogP contribution is 2.34. The van der Waals surface area contributed by atoms with E-state index in [2.05, 4.69) is 16.5 Å². The molecule has 3 rings (SSSR count). The molecule has 1 aromatic carbocycles. The molecular weight excluding hydrogens is 240 g/mol. The van der Waals surface area contributed by atoms with Crippen LogP contribution in [0.5, 0.6) is 0 Å². The molecule has 4 heteroatoms. The molecule has 1 aliphatic carbocycles. The molecule has 0 spiro atoms. The summed E-state index contributed by atoms with van der Waals surface area (Å²) >= 11 is 0. The zero-order valence-corrected chi connectivity index (χ0v) is 11.0. The molecule has 19 heavy (non-hydrogen) atoms. The van der Waals surface area contributed by atoms with E-state index in [4.69, 9.17) is 5.11 Å². The number of carbonyl (C=O) groups is 1. The standard InChI is InChI=1S/C15H18N2O2/c1-10-3-2-4-12(7-10)17-9-16-13-8-11(15(18)19)5-6-14(13)17/h5-6,8-10,12H,2-4,7H2,1H3,(H,18,19). The van der Waals surface area contributed by atoms with Crippen molar-refractivity contribution in [1.29, 1.82) is 0 Å². The third-order valence-corrected chi connectivity index (χ3v) is 4.12. The fourth-order valence-electron chi connectivity index (χ4n) is 3.11.